The zero-order valence-electron chi connectivity index (χ0n) is 16.7. The van der Waals surface area contributed by atoms with Crippen LogP contribution in [0.1, 0.15) is 28.1 Å². The van der Waals surface area contributed by atoms with Gasteiger partial charge in [0.1, 0.15) is 5.00 Å². The van der Waals surface area contributed by atoms with Gasteiger partial charge in [-0.1, -0.05) is 30.3 Å². The van der Waals surface area contributed by atoms with Crippen molar-refractivity contribution in [2.75, 3.05) is 23.3 Å². The largest absolute Gasteiger partial charge is 0.365 e. The number of rotatable bonds is 5. The summed E-state index contributed by atoms with van der Waals surface area (Å²) in [6, 6.07) is 11.4. The lowest BCUT2D eigenvalue weighted by atomic mass is 9.96. The number of carbonyl (C=O) groups excluding carboxylic acids is 2. The Balaban J connectivity index is 1.50. The van der Waals surface area contributed by atoms with Gasteiger partial charge < -0.3 is 16.0 Å². The van der Waals surface area contributed by atoms with Crippen molar-refractivity contribution in [2.45, 2.75) is 19.8 Å². The summed E-state index contributed by atoms with van der Waals surface area (Å²) in [6.45, 7) is 3.36. The second kappa shape index (κ2) is 8.62. The number of anilines is 2. The van der Waals surface area contributed by atoms with Crippen LogP contribution in [0.4, 0.5) is 10.9 Å². The molecule has 30 heavy (non-hydrogen) atoms. The number of nitrogens with two attached hydrogens (primary N) is 1. The van der Waals surface area contributed by atoms with E-state index in [1.54, 1.807) is 18.5 Å². The fourth-order valence-electron chi connectivity index (χ4n) is 3.83. The number of nitrogens with zero attached hydrogens (tertiary/aromatic N) is 3. The molecule has 1 aliphatic heterocycles. The average Bonchev–Trinajstić information content (AvgIpc) is 3.11. The molecule has 154 valence electrons. The number of thiophene rings is 1. The molecule has 7 nitrogen and oxygen atoms in total. The van der Waals surface area contributed by atoms with Gasteiger partial charge in [-0.15, -0.1) is 11.3 Å². The van der Waals surface area contributed by atoms with Crippen LogP contribution in [0.3, 0.4) is 0 Å². The van der Waals surface area contributed by atoms with Gasteiger partial charge in [0.15, 0.2) is 0 Å². The Kier molecular flexibility index (Phi) is 5.76. The van der Waals surface area contributed by atoms with Crippen molar-refractivity contribution >= 4 is 34.1 Å². The summed E-state index contributed by atoms with van der Waals surface area (Å²) in [5, 5.41) is 3.50. The summed E-state index contributed by atoms with van der Waals surface area (Å²) in [6.07, 6.45) is 4.84. The van der Waals surface area contributed by atoms with Crippen molar-refractivity contribution in [1.82, 2.24) is 9.97 Å². The fourth-order valence-corrected chi connectivity index (χ4v) is 4.91. The van der Waals surface area contributed by atoms with Crippen LogP contribution in [0.25, 0.3) is 11.1 Å². The Morgan fingerprint density at radius 3 is 2.40 bits per heavy atom. The number of nitrogens with one attached hydrogen (secondary N) is 1. The Labute approximate surface area is 179 Å². The minimum Gasteiger partial charge on any atom is -0.365 e. The van der Waals surface area contributed by atoms with E-state index in [0.717, 1.165) is 16.0 Å². The molecule has 0 saturated carbocycles. The zero-order chi connectivity index (χ0) is 21.1. The van der Waals surface area contributed by atoms with Crippen molar-refractivity contribution in [1.29, 1.82) is 0 Å². The Morgan fingerprint density at radius 1 is 1.10 bits per heavy atom. The lowest BCUT2D eigenvalue weighted by molar-refractivity contribution is -0.120. The monoisotopic (exact) mass is 421 g/mol. The Morgan fingerprint density at radius 2 is 1.77 bits per heavy atom. The highest BCUT2D eigenvalue weighted by Gasteiger charge is 2.29. The van der Waals surface area contributed by atoms with Crippen molar-refractivity contribution in [3.05, 3.63) is 59.2 Å². The van der Waals surface area contributed by atoms with Crippen LogP contribution >= 0.6 is 11.3 Å². The molecule has 0 bridgehead atoms. The van der Waals surface area contributed by atoms with E-state index in [4.69, 9.17) is 5.73 Å². The number of primary amides is 1. The molecule has 0 radical (unpaired) electrons. The molecule has 0 aliphatic carbocycles. The number of hydrogen-bond donors (Lipinski definition) is 2. The number of benzene rings is 1. The molecule has 0 spiro atoms. The number of amides is 2. The van der Waals surface area contributed by atoms with E-state index in [-0.39, 0.29) is 11.8 Å². The van der Waals surface area contributed by atoms with Gasteiger partial charge in [-0.2, -0.15) is 0 Å². The molecule has 0 atom stereocenters. The van der Waals surface area contributed by atoms with Gasteiger partial charge in [0.05, 0.1) is 5.56 Å². The van der Waals surface area contributed by atoms with Crippen LogP contribution in [-0.2, 0) is 4.79 Å². The third kappa shape index (κ3) is 4.04. The maximum absolute atomic E-state index is 12.9. The van der Waals surface area contributed by atoms with Gasteiger partial charge in [-0.25, -0.2) is 9.97 Å². The molecule has 0 unspecified atom stereocenters. The first kappa shape index (κ1) is 20.0. The Bertz CT molecular complexity index is 1040. The number of aryl methyl sites for hydroxylation is 1. The molecule has 2 aromatic heterocycles. The maximum atomic E-state index is 12.9. The summed E-state index contributed by atoms with van der Waals surface area (Å²) in [4.78, 5) is 36.8. The van der Waals surface area contributed by atoms with Crippen LogP contribution < -0.4 is 16.0 Å². The van der Waals surface area contributed by atoms with E-state index in [1.165, 1.54) is 11.3 Å². The highest BCUT2D eigenvalue weighted by molar-refractivity contribution is 7.17. The highest BCUT2D eigenvalue weighted by atomic mass is 32.1. The van der Waals surface area contributed by atoms with Crippen LogP contribution in [-0.4, -0.2) is 34.9 Å². The molecule has 3 N–H and O–H groups in total. The molecule has 1 aromatic carbocycles. The normalized spacial score (nSPS) is 14.5. The van der Waals surface area contributed by atoms with Crippen LogP contribution in [0.15, 0.2) is 48.8 Å². The first-order chi connectivity index (χ1) is 14.5. The van der Waals surface area contributed by atoms with Crippen molar-refractivity contribution in [3.63, 3.8) is 0 Å². The maximum Gasteiger partial charge on any atom is 0.252 e. The average molecular weight is 422 g/mol. The van der Waals surface area contributed by atoms with Gasteiger partial charge in [-0.05, 0) is 31.4 Å². The second-order valence-corrected chi connectivity index (χ2v) is 8.49. The molecule has 3 aromatic rings. The summed E-state index contributed by atoms with van der Waals surface area (Å²) >= 11 is 1.39. The lowest BCUT2D eigenvalue weighted by Gasteiger charge is -2.31. The van der Waals surface area contributed by atoms with E-state index in [0.29, 0.717) is 42.4 Å². The number of aromatic nitrogens is 2. The predicted molar refractivity (Wildman–Crippen MR) is 119 cm³/mol. The van der Waals surface area contributed by atoms with Crippen LogP contribution in [0, 0.1) is 12.8 Å². The fraction of sp³-hybridized carbons (Fsp3) is 0.273. The van der Waals surface area contributed by atoms with Gasteiger partial charge in [-0.3, -0.25) is 9.59 Å². The van der Waals surface area contributed by atoms with Gasteiger partial charge in [0.25, 0.3) is 5.91 Å². The van der Waals surface area contributed by atoms with E-state index in [2.05, 4.69) is 20.2 Å². The van der Waals surface area contributed by atoms with Crippen LogP contribution in [0.5, 0.6) is 0 Å². The van der Waals surface area contributed by atoms with Gasteiger partial charge in [0.2, 0.25) is 11.9 Å². The molecule has 1 aliphatic rings. The summed E-state index contributed by atoms with van der Waals surface area (Å²) in [5.74, 6) is -0.0569. The minimum atomic E-state index is -0.537. The molecule has 8 heteroatoms. The van der Waals surface area contributed by atoms with Gasteiger partial charge >= 0.3 is 0 Å². The van der Waals surface area contributed by atoms with Crippen molar-refractivity contribution < 1.29 is 9.59 Å². The van der Waals surface area contributed by atoms with E-state index >= 15 is 0 Å². The van der Waals surface area contributed by atoms with E-state index < -0.39 is 5.91 Å². The number of piperidine rings is 1. The standard InChI is InChI=1S/C22H23N5O2S/c1-14-17(15-6-3-2-4-7-15)18(19(23)28)21(30-14)26-20(29)16-8-12-27(13-9-16)22-24-10-5-11-25-22/h2-7,10-11,16H,8-9,12-13H2,1H3,(H2,23,28)(H,26,29). The summed E-state index contributed by atoms with van der Waals surface area (Å²) < 4.78 is 0. The van der Waals surface area contributed by atoms with Gasteiger partial charge in [0, 0.05) is 41.8 Å². The predicted octanol–water partition coefficient (Wildman–Crippen LogP) is 3.47. The molecular formula is C22H23N5O2S. The minimum absolute atomic E-state index is 0.0769. The lowest BCUT2D eigenvalue weighted by Crippen LogP contribution is -2.39. The quantitative estimate of drug-likeness (QED) is 0.657. The SMILES string of the molecule is Cc1sc(NC(=O)C2CCN(c3ncccn3)CC2)c(C(N)=O)c1-c1ccccc1. The van der Waals surface area contributed by atoms with E-state index in [9.17, 15) is 9.59 Å². The molecule has 2 amide bonds. The molecule has 1 saturated heterocycles. The van der Waals surface area contributed by atoms with Crippen molar-refractivity contribution in [3.8, 4) is 11.1 Å². The van der Waals surface area contributed by atoms with E-state index in [1.807, 2.05) is 37.3 Å². The molecule has 3 heterocycles. The second-order valence-electron chi connectivity index (χ2n) is 7.27. The van der Waals surface area contributed by atoms with Crippen LogP contribution in [0.2, 0.25) is 0 Å². The summed E-state index contributed by atoms with van der Waals surface area (Å²) in [7, 11) is 0. The van der Waals surface area contributed by atoms with Crippen molar-refractivity contribution in [2.24, 2.45) is 11.7 Å². The first-order valence-corrected chi connectivity index (χ1v) is 10.7. The third-order valence-electron chi connectivity index (χ3n) is 5.33. The topological polar surface area (TPSA) is 101 Å². The molecular weight excluding hydrogens is 398 g/mol. The number of hydrogen-bond acceptors (Lipinski definition) is 6. The number of carbonyl (C=O) groups is 2. The molecule has 1 fully saturated rings. The Hall–Kier alpha value is -3.26. The highest BCUT2D eigenvalue weighted by Crippen LogP contribution is 2.40. The first-order valence-electron chi connectivity index (χ1n) is 9.86. The molecule has 4 rings (SSSR count). The smallest absolute Gasteiger partial charge is 0.252 e. The third-order valence-corrected chi connectivity index (χ3v) is 6.35. The zero-order valence-corrected chi connectivity index (χ0v) is 17.5. The summed E-state index contributed by atoms with van der Waals surface area (Å²) in [5.41, 5.74) is 7.79.